The summed E-state index contributed by atoms with van der Waals surface area (Å²) in [6, 6.07) is 17.2. The number of para-hydroxylation sites is 1. The first-order valence-corrected chi connectivity index (χ1v) is 11.4. The van der Waals surface area contributed by atoms with Crippen LogP contribution < -0.4 is 5.32 Å². The Kier molecular flexibility index (Phi) is 5.08. The van der Waals surface area contributed by atoms with Crippen molar-refractivity contribution in [1.82, 2.24) is 14.8 Å². The molecule has 6 heteroatoms. The molecule has 0 radical (unpaired) electrons. The van der Waals surface area contributed by atoms with Crippen molar-refractivity contribution in [3.63, 3.8) is 0 Å². The molecule has 3 amide bonds. The average molecular weight is 430 g/mol. The SMILES string of the molecule is CCn1c(-c2ccccc2)c(C(=O)CN2C(=O)NC3(CCCCC3)C2=O)c2ccccc21. The van der Waals surface area contributed by atoms with Gasteiger partial charge in [-0.3, -0.25) is 14.5 Å². The molecular weight excluding hydrogens is 402 g/mol. The second kappa shape index (κ2) is 7.93. The van der Waals surface area contributed by atoms with Crippen LogP contribution in [0.15, 0.2) is 54.6 Å². The summed E-state index contributed by atoms with van der Waals surface area (Å²) in [5.41, 5.74) is 2.49. The second-order valence-corrected chi connectivity index (χ2v) is 8.74. The summed E-state index contributed by atoms with van der Waals surface area (Å²) < 4.78 is 2.13. The maximum atomic E-state index is 13.7. The van der Waals surface area contributed by atoms with Crippen LogP contribution in [0.3, 0.4) is 0 Å². The molecule has 2 fully saturated rings. The zero-order valence-electron chi connectivity index (χ0n) is 18.3. The van der Waals surface area contributed by atoms with E-state index in [0.29, 0.717) is 24.9 Å². The molecule has 6 nitrogen and oxygen atoms in total. The first-order chi connectivity index (χ1) is 15.6. The molecule has 2 aliphatic rings. The third-order valence-electron chi connectivity index (χ3n) is 6.87. The lowest BCUT2D eigenvalue weighted by molar-refractivity contribution is -0.132. The Morgan fingerprint density at radius 3 is 2.38 bits per heavy atom. The number of aromatic nitrogens is 1. The molecule has 0 atom stereocenters. The predicted molar refractivity (Wildman–Crippen MR) is 123 cm³/mol. The van der Waals surface area contributed by atoms with E-state index < -0.39 is 11.6 Å². The Hall–Kier alpha value is -3.41. The van der Waals surface area contributed by atoms with Gasteiger partial charge >= 0.3 is 6.03 Å². The summed E-state index contributed by atoms with van der Waals surface area (Å²) in [5.74, 6) is -0.473. The molecule has 1 aliphatic carbocycles. The van der Waals surface area contributed by atoms with Crippen molar-refractivity contribution in [2.75, 3.05) is 6.54 Å². The van der Waals surface area contributed by atoms with Crippen molar-refractivity contribution in [3.8, 4) is 11.3 Å². The fourth-order valence-corrected chi connectivity index (χ4v) is 5.35. The van der Waals surface area contributed by atoms with Crippen molar-refractivity contribution < 1.29 is 14.4 Å². The summed E-state index contributed by atoms with van der Waals surface area (Å²) in [5, 5.41) is 3.75. The van der Waals surface area contributed by atoms with Crippen LogP contribution in [0.2, 0.25) is 0 Å². The molecule has 0 bridgehead atoms. The molecule has 32 heavy (non-hydrogen) atoms. The minimum Gasteiger partial charge on any atom is -0.340 e. The molecule has 1 saturated carbocycles. The maximum absolute atomic E-state index is 13.7. The van der Waals surface area contributed by atoms with E-state index in [2.05, 4.69) is 16.8 Å². The fourth-order valence-electron chi connectivity index (χ4n) is 5.35. The van der Waals surface area contributed by atoms with Crippen molar-refractivity contribution in [2.45, 2.75) is 51.1 Å². The van der Waals surface area contributed by atoms with E-state index in [0.717, 1.165) is 46.3 Å². The van der Waals surface area contributed by atoms with Gasteiger partial charge in [-0.25, -0.2) is 4.79 Å². The van der Waals surface area contributed by atoms with Gasteiger partial charge in [0.1, 0.15) is 5.54 Å². The molecule has 1 aromatic heterocycles. The van der Waals surface area contributed by atoms with E-state index >= 15 is 0 Å². The number of hydrogen-bond acceptors (Lipinski definition) is 3. The third kappa shape index (κ3) is 3.13. The van der Waals surface area contributed by atoms with E-state index in [1.807, 2.05) is 54.6 Å². The predicted octanol–water partition coefficient (Wildman–Crippen LogP) is 4.77. The Morgan fingerprint density at radius 1 is 0.969 bits per heavy atom. The minimum atomic E-state index is -0.824. The highest BCUT2D eigenvalue weighted by molar-refractivity contribution is 6.17. The smallest absolute Gasteiger partial charge is 0.325 e. The highest BCUT2D eigenvalue weighted by Crippen LogP contribution is 2.36. The molecule has 1 saturated heterocycles. The van der Waals surface area contributed by atoms with Crippen molar-refractivity contribution in [2.24, 2.45) is 0 Å². The van der Waals surface area contributed by atoms with Gasteiger partial charge in [0.25, 0.3) is 5.91 Å². The number of nitrogens with zero attached hydrogens (tertiary/aromatic N) is 2. The van der Waals surface area contributed by atoms with Crippen LogP contribution >= 0.6 is 0 Å². The van der Waals surface area contributed by atoms with Crippen molar-refractivity contribution in [1.29, 1.82) is 0 Å². The van der Waals surface area contributed by atoms with Crippen LogP contribution in [0.5, 0.6) is 0 Å². The number of fused-ring (bicyclic) bond motifs is 1. The molecule has 2 aromatic carbocycles. The lowest BCUT2D eigenvalue weighted by Gasteiger charge is -2.30. The zero-order chi connectivity index (χ0) is 22.3. The van der Waals surface area contributed by atoms with Crippen LogP contribution in [0.25, 0.3) is 22.2 Å². The quantitative estimate of drug-likeness (QED) is 0.469. The molecule has 3 aromatic rings. The molecule has 1 spiro atoms. The van der Waals surface area contributed by atoms with E-state index in [1.54, 1.807) is 0 Å². The largest absolute Gasteiger partial charge is 0.340 e. The molecule has 2 heterocycles. The van der Waals surface area contributed by atoms with Gasteiger partial charge in [0.2, 0.25) is 0 Å². The molecule has 0 unspecified atom stereocenters. The van der Waals surface area contributed by atoms with Gasteiger partial charge in [0.05, 0.1) is 17.8 Å². The normalized spacial score (nSPS) is 17.8. The number of imide groups is 1. The van der Waals surface area contributed by atoms with Crippen LogP contribution in [-0.2, 0) is 11.3 Å². The maximum Gasteiger partial charge on any atom is 0.325 e. The highest BCUT2D eigenvalue weighted by atomic mass is 16.2. The fraction of sp³-hybridized carbons (Fsp3) is 0.346. The summed E-state index contributed by atoms with van der Waals surface area (Å²) in [7, 11) is 0. The monoisotopic (exact) mass is 429 g/mol. The number of amides is 3. The van der Waals surface area contributed by atoms with Gasteiger partial charge in [-0.15, -0.1) is 0 Å². The van der Waals surface area contributed by atoms with Gasteiger partial charge in [-0.1, -0.05) is 67.8 Å². The van der Waals surface area contributed by atoms with Crippen molar-refractivity contribution in [3.05, 3.63) is 60.2 Å². The van der Waals surface area contributed by atoms with Gasteiger partial charge in [-0.05, 0) is 31.4 Å². The first kappa shape index (κ1) is 20.5. The van der Waals surface area contributed by atoms with Gasteiger partial charge in [-0.2, -0.15) is 0 Å². The standard InChI is InChI=1S/C26H27N3O3/c1-2-28-20-14-8-7-13-19(20)22(23(28)18-11-5-3-6-12-18)21(30)17-29-24(31)26(27-25(29)32)15-9-4-10-16-26/h3,5-8,11-14H,2,4,9-10,15-17H2,1H3,(H,27,32). The van der Waals surface area contributed by atoms with Crippen LogP contribution in [0, 0.1) is 0 Å². The number of Topliss-reactive ketones (excluding diaryl/α,β-unsaturated/α-hetero) is 1. The number of benzene rings is 2. The minimum absolute atomic E-state index is 0.219. The summed E-state index contributed by atoms with van der Waals surface area (Å²) in [6.45, 7) is 2.51. The van der Waals surface area contributed by atoms with Crippen LogP contribution in [0.4, 0.5) is 4.79 Å². The Labute approximate surface area is 187 Å². The van der Waals surface area contributed by atoms with Gasteiger partial charge in [0, 0.05) is 17.4 Å². The Bertz CT molecular complexity index is 1210. The number of aryl methyl sites for hydroxylation is 1. The van der Waals surface area contributed by atoms with Crippen LogP contribution in [-0.4, -0.2) is 39.3 Å². The number of rotatable bonds is 5. The third-order valence-corrected chi connectivity index (χ3v) is 6.87. The number of carbonyl (C=O) groups is 3. The van der Waals surface area contributed by atoms with E-state index in [-0.39, 0.29) is 18.2 Å². The summed E-state index contributed by atoms with van der Waals surface area (Å²) in [6.07, 6.45) is 4.19. The lowest BCUT2D eigenvalue weighted by atomic mass is 9.82. The van der Waals surface area contributed by atoms with E-state index in [4.69, 9.17) is 0 Å². The topological polar surface area (TPSA) is 71.4 Å². The highest BCUT2D eigenvalue weighted by Gasteiger charge is 2.51. The molecule has 164 valence electrons. The molecule has 1 N–H and O–H groups in total. The molecular formula is C26H27N3O3. The van der Waals surface area contributed by atoms with Crippen LogP contribution in [0.1, 0.15) is 49.4 Å². The number of hydrogen-bond donors (Lipinski definition) is 1. The number of carbonyl (C=O) groups excluding carboxylic acids is 3. The lowest BCUT2D eigenvalue weighted by Crippen LogP contribution is -2.48. The number of urea groups is 1. The second-order valence-electron chi connectivity index (χ2n) is 8.74. The van der Waals surface area contributed by atoms with Gasteiger partial charge in [0.15, 0.2) is 5.78 Å². The van der Waals surface area contributed by atoms with Crippen molar-refractivity contribution >= 4 is 28.6 Å². The summed E-state index contributed by atoms with van der Waals surface area (Å²) >= 11 is 0. The Balaban J connectivity index is 1.57. The molecule has 5 rings (SSSR count). The number of nitrogens with one attached hydrogen (secondary N) is 1. The zero-order valence-corrected chi connectivity index (χ0v) is 18.3. The van der Waals surface area contributed by atoms with Gasteiger partial charge < -0.3 is 9.88 Å². The summed E-state index contributed by atoms with van der Waals surface area (Å²) in [4.78, 5) is 40.8. The molecule has 1 aliphatic heterocycles. The number of ketones is 1. The Morgan fingerprint density at radius 2 is 1.66 bits per heavy atom. The average Bonchev–Trinajstić information content (AvgIpc) is 3.27. The van der Waals surface area contributed by atoms with E-state index in [9.17, 15) is 14.4 Å². The first-order valence-electron chi connectivity index (χ1n) is 11.4. The van der Waals surface area contributed by atoms with E-state index in [1.165, 1.54) is 0 Å².